The fourth-order valence-electron chi connectivity index (χ4n) is 7.51. The molecular weight excluding hydrogens is 565 g/mol. The molecule has 0 N–H and O–H groups in total. The number of rotatable bonds is 4. The lowest BCUT2D eigenvalue weighted by Crippen LogP contribution is -2.33. The predicted octanol–water partition coefficient (Wildman–Crippen LogP) is 11.4. The summed E-state index contributed by atoms with van der Waals surface area (Å²) in [5.74, 6) is 0.383. The average molecular weight is 619 g/mol. The zero-order valence-electron chi connectivity index (χ0n) is 30.9. The second-order valence-electron chi connectivity index (χ2n) is 17.2. The minimum atomic E-state index is -0.108. The molecule has 4 aromatic rings. The average Bonchev–Trinajstić information content (AvgIpc) is 3.59. The summed E-state index contributed by atoms with van der Waals surface area (Å²) in [4.78, 5) is 0. The highest BCUT2D eigenvalue weighted by Gasteiger charge is 2.33. The van der Waals surface area contributed by atoms with Crippen LogP contribution in [0.2, 0.25) is 0 Å². The molecule has 0 saturated carbocycles. The number of benzene rings is 4. The minimum absolute atomic E-state index is 0.0901. The molecule has 0 spiro atoms. The molecule has 0 saturated heterocycles. The van der Waals surface area contributed by atoms with E-state index in [0.717, 1.165) is 6.42 Å². The van der Waals surface area contributed by atoms with Crippen LogP contribution in [0.3, 0.4) is 0 Å². The first-order chi connectivity index (χ1) is 22.0. The summed E-state index contributed by atoms with van der Waals surface area (Å²) in [6.07, 6.45) is 8.71. The van der Waals surface area contributed by atoms with E-state index in [9.17, 15) is 0 Å². The van der Waals surface area contributed by atoms with Gasteiger partial charge in [-0.2, -0.15) is 0 Å². The molecule has 0 nitrogen and oxygen atoms in total. The van der Waals surface area contributed by atoms with E-state index in [0.29, 0.717) is 5.92 Å². The largest absolute Gasteiger partial charge is 0.0732 e. The lowest BCUT2D eigenvalue weighted by Gasteiger charge is -2.29. The Morgan fingerprint density at radius 1 is 0.617 bits per heavy atom. The van der Waals surface area contributed by atoms with Gasteiger partial charge in [-0.05, 0) is 120 Å². The summed E-state index contributed by atoms with van der Waals surface area (Å²) in [6.45, 7) is 28.0. The van der Waals surface area contributed by atoms with E-state index in [-0.39, 0.29) is 16.2 Å². The number of aryl methyl sites for hydroxylation is 2. The van der Waals surface area contributed by atoms with Crippen LogP contribution in [0.4, 0.5) is 0 Å². The molecule has 1 atom stereocenters. The standard InChI is InChI=1S/C47H54/c1-13-31-24-36(46(7,8)9)27-38(31)43-40-26-34-25-35(45(4,5)6)22-23-37(34)39(40)28-41(44(43)47(10,11)12)42(32-18-14-29(2)15-19-32)33-20-16-30(3)17-21-33/h14-28,31H,13H2,1-12H3. The SMILES string of the molecule is CCC1C=C(C(C)(C)C)C=C1c1c(C(C)(C)C)c(=C(c2ccc(C)cc2)c2ccc(C)cc2)cc2c1=Cc1cc(C(C)(C)C)ccc1-2. The molecule has 1 unspecified atom stereocenters. The first-order valence-electron chi connectivity index (χ1n) is 17.6. The molecule has 2 aliphatic carbocycles. The Kier molecular flexibility index (Phi) is 8.19. The molecule has 4 aromatic carbocycles. The van der Waals surface area contributed by atoms with Crippen LogP contribution in [0.1, 0.15) is 120 Å². The number of hydrogen-bond donors (Lipinski definition) is 0. The topological polar surface area (TPSA) is 0 Å². The van der Waals surface area contributed by atoms with Gasteiger partial charge in [-0.1, -0.05) is 159 Å². The third-order valence-corrected chi connectivity index (χ3v) is 10.3. The molecule has 6 rings (SSSR count). The van der Waals surface area contributed by atoms with Crippen LogP contribution < -0.4 is 10.4 Å². The number of hydrogen-bond acceptors (Lipinski definition) is 0. The van der Waals surface area contributed by atoms with Gasteiger partial charge in [0.2, 0.25) is 0 Å². The van der Waals surface area contributed by atoms with Crippen LogP contribution in [0.25, 0.3) is 28.3 Å². The Balaban J connectivity index is 1.85. The van der Waals surface area contributed by atoms with Crippen molar-refractivity contribution in [2.75, 3.05) is 0 Å². The highest BCUT2D eigenvalue weighted by molar-refractivity contribution is 5.92. The third-order valence-electron chi connectivity index (χ3n) is 10.3. The Morgan fingerprint density at radius 2 is 1.19 bits per heavy atom. The number of fused-ring (bicyclic) bond motifs is 3. The van der Waals surface area contributed by atoms with Crippen molar-refractivity contribution in [2.45, 2.75) is 100 Å². The second kappa shape index (κ2) is 11.7. The van der Waals surface area contributed by atoms with Crippen molar-refractivity contribution in [3.63, 3.8) is 0 Å². The molecule has 0 amide bonds. The van der Waals surface area contributed by atoms with Gasteiger partial charge in [-0.25, -0.2) is 0 Å². The highest BCUT2D eigenvalue weighted by Crippen LogP contribution is 2.44. The maximum atomic E-state index is 2.56. The van der Waals surface area contributed by atoms with E-state index < -0.39 is 0 Å². The molecule has 0 heterocycles. The molecule has 0 heteroatoms. The molecule has 2 aliphatic rings. The quantitative estimate of drug-likeness (QED) is 0.188. The Hall–Kier alpha value is -3.90. The Morgan fingerprint density at radius 3 is 1.68 bits per heavy atom. The van der Waals surface area contributed by atoms with Crippen LogP contribution in [0.5, 0.6) is 0 Å². The molecule has 0 aliphatic heterocycles. The zero-order chi connectivity index (χ0) is 34.1. The summed E-state index contributed by atoms with van der Waals surface area (Å²) >= 11 is 0. The summed E-state index contributed by atoms with van der Waals surface area (Å²) in [5.41, 5.74) is 17.7. The van der Waals surface area contributed by atoms with Crippen molar-refractivity contribution in [1.82, 2.24) is 0 Å². The van der Waals surface area contributed by atoms with Crippen molar-refractivity contribution in [3.05, 3.63) is 145 Å². The summed E-state index contributed by atoms with van der Waals surface area (Å²) < 4.78 is 0. The molecule has 0 radical (unpaired) electrons. The van der Waals surface area contributed by atoms with Crippen molar-refractivity contribution in [3.8, 4) is 11.1 Å². The van der Waals surface area contributed by atoms with Crippen molar-refractivity contribution in [2.24, 2.45) is 11.3 Å². The summed E-state index contributed by atoms with van der Waals surface area (Å²) in [6, 6.07) is 28.1. The van der Waals surface area contributed by atoms with Gasteiger partial charge in [-0.3, -0.25) is 0 Å². The molecule has 0 aromatic heterocycles. The molecule has 0 fully saturated rings. The van der Waals surface area contributed by atoms with Crippen molar-refractivity contribution in [1.29, 1.82) is 0 Å². The van der Waals surface area contributed by atoms with Gasteiger partial charge in [0.15, 0.2) is 0 Å². The monoisotopic (exact) mass is 618 g/mol. The van der Waals surface area contributed by atoms with E-state index >= 15 is 0 Å². The highest BCUT2D eigenvalue weighted by atomic mass is 14.4. The van der Waals surface area contributed by atoms with Gasteiger partial charge in [0.1, 0.15) is 0 Å². The van der Waals surface area contributed by atoms with Gasteiger partial charge in [0.05, 0.1) is 0 Å². The molecular formula is C47H54. The fraction of sp³-hybridized carbons (Fsp3) is 0.362. The van der Waals surface area contributed by atoms with Gasteiger partial charge in [-0.15, -0.1) is 0 Å². The van der Waals surface area contributed by atoms with Crippen LogP contribution in [-0.2, 0) is 10.8 Å². The molecule has 0 bridgehead atoms. The minimum Gasteiger partial charge on any atom is -0.0732 e. The lowest BCUT2D eigenvalue weighted by atomic mass is 9.75. The first-order valence-corrected chi connectivity index (χ1v) is 17.6. The Bertz CT molecular complexity index is 1990. The molecule has 47 heavy (non-hydrogen) atoms. The van der Waals surface area contributed by atoms with Crippen LogP contribution in [-0.4, -0.2) is 0 Å². The second-order valence-corrected chi connectivity index (χ2v) is 17.2. The van der Waals surface area contributed by atoms with Crippen molar-refractivity contribution >= 4 is 17.2 Å². The van der Waals surface area contributed by atoms with E-state index in [4.69, 9.17) is 0 Å². The van der Waals surface area contributed by atoms with Crippen LogP contribution in [0.15, 0.2) is 90.5 Å². The first kappa shape index (κ1) is 33.0. The number of allylic oxidation sites excluding steroid dienone is 4. The van der Waals surface area contributed by atoms with Crippen molar-refractivity contribution < 1.29 is 0 Å². The van der Waals surface area contributed by atoms with Crippen LogP contribution >= 0.6 is 0 Å². The van der Waals surface area contributed by atoms with E-state index in [2.05, 4.69) is 174 Å². The van der Waals surface area contributed by atoms with E-state index in [1.807, 2.05) is 0 Å². The lowest BCUT2D eigenvalue weighted by molar-refractivity contribution is 0.516. The third kappa shape index (κ3) is 6.13. The van der Waals surface area contributed by atoms with E-state index in [1.54, 1.807) is 0 Å². The van der Waals surface area contributed by atoms with Crippen LogP contribution in [0, 0.1) is 25.2 Å². The Labute approximate surface area is 284 Å². The van der Waals surface area contributed by atoms with Gasteiger partial charge in [0, 0.05) is 5.92 Å². The summed E-state index contributed by atoms with van der Waals surface area (Å²) in [7, 11) is 0. The van der Waals surface area contributed by atoms with Gasteiger partial charge >= 0.3 is 0 Å². The van der Waals surface area contributed by atoms with E-state index in [1.165, 1.54) is 82.8 Å². The normalized spacial score (nSPS) is 16.0. The maximum absolute atomic E-state index is 2.56. The predicted molar refractivity (Wildman–Crippen MR) is 205 cm³/mol. The smallest absolute Gasteiger partial charge is 0.00277 e. The summed E-state index contributed by atoms with van der Waals surface area (Å²) in [5, 5.41) is 2.74. The fourth-order valence-corrected chi connectivity index (χ4v) is 7.51. The molecule has 242 valence electrons. The van der Waals surface area contributed by atoms with Gasteiger partial charge in [0.25, 0.3) is 0 Å². The van der Waals surface area contributed by atoms with Gasteiger partial charge < -0.3 is 0 Å². The maximum Gasteiger partial charge on any atom is 0.00277 e. The zero-order valence-corrected chi connectivity index (χ0v) is 30.9.